The van der Waals surface area contributed by atoms with Gasteiger partial charge >= 0.3 is 0 Å². The standard InChI is InChI=1S/C26H28O3/c1-14-11-15(2)20(16(3)12-14)22-24(27)21-19-13-18(26(29-19)23(21)25(22)28)10-9-17-7-5-4-6-8-17/h4-8,11-12,18-19,21,23,26,28H,9-10,13H2,1-3H3/t18?,19?,21-,23+,26?/m0/s1. The van der Waals surface area contributed by atoms with Gasteiger partial charge in [0.05, 0.1) is 29.6 Å². The van der Waals surface area contributed by atoms with E-state index in [4.69, 9.17) is 4.74 Å². The monoisotopic (exact) mass is 388 g/mol. The molecule has 0 amide bonds. The molecule has 2 saturated heterocycles. The molecule has 2 heterocycles. The van der Waals surface area contributed by atoms with Gasteiger partial charge in [0.1, 0.15) is 5.76 Å². The molecule has 150 valence electrons. The first-order valence-electron chi connectivity index (χ1n) is 10.7. The van der Waals surface area contributed by atoms with E-state index in [0.29, 0.717) is 11.5 Å². The van der Waals surface area contributed by atoms with Crippen LogP contribution in [0.5, 0.6) is 0 Å². The number of aliphatic hydroxyl groups is 1. The maximum Gasteiger partial charge on any atom is 0.173 e. The molecule has 3 unspecified atom stereocenters. The Hall–Kier alpha value is -2.39. The Morgan fingerprint density at radius 3 is 2.41 bits per heavy atom. The Kier molecular flexibility index (Phi) is 4.40. The van der Waals surface area contributed by atoms with Gasteiger partial charge in [-0.15, -0.1) is 0 Å². The van der Waals surface area contributed by atoms with Crippen LogP contribution in [-0.4, -0.2) is 23.1 Å². The number of allylic oxidation sites excluding steroid dienone is 1. The second kappa shape index (κ2) is 6.84. The van der Waals surface area contributed by atoms with Crippen molar-refractivity contribution in [2.24, 2.45) is 17.8 Å². The number of rotatable bonds is 4. The first-order valence-corrected chi connectivity index (χ1v) is 10.7. The summed E-state index contributed by atoms with van der Waals surface area (Å²) in [5, 5.41) is 11.2. The lowest BCUT2D eigenvalue weighted by molar-refractivity contribution is -0.118. The van der Waals surface area contributed by atoms with E-state index in [1.807, 2.05) is 19.9 Å². The number of benzene rings is 2. The van der Waals surface area contributed by atoms with Crippen LogP contribution in [0.4, 0.5) is 0 Å². The van der Waals surface area contributed by atoms with Crippen molar-refractivity contribution in [2.45, 2.75) is 52.2 Å². The van der Waals surface area contributed by atoms with Crippen LogP contribution in [0.2, 0.25) is 0 Å². The van der Waals surface area contributed by atoms with Gasteiger partial charge in [-0.2, -0.15) is 0 Å². The van der Waals surface area contributed by atoms with Crippen molar-refractivity contribution >= 4 is 11.4 Å². The minimum Gasteiger partial charge on any atom is -0.511 e. The van der Waals surface area contributed by atoms with E-state index in [9.17, 15) is 9.90 Å². The molecular formula is C26H28O3. The van der Waals surface area contributed by atoms with Gasteiger partial charge in [0.15, 0.2) is 5.78 Å². The van der Waals surface area contributed by atoms with Gasteiger partial charge in [-0.1, -0.05) is 48.0 Å². The third kappa shape index (κ3) is 2.86. The molecule has 2 aromatic carbocycles. The number of ether oxygens (including phenoxy) is 1. The predicted molar refractivity (Wildman–Crippen MR) is 114 cm³/mol. The number of hydrogen-bond acceptors (Lipinski definition) is 3. The van der Waals surface area contributed by atoms with Crippen LogP contribution in [-0.2, 0) is 16.0 Å². The number of fused-ring (bicyclic) bond motifs is 5. The molecule has 1 aliphatic carbocycles. The van der Waals surface area contributed by atoms with Gasteiger partial charge in [-0.3, -0.25) is 4.79 Å². The van der Waals surface area contributed by atoms with Crippen molar-refractivity contribution in [3.63, 3.8) is 0 Å². The zero-order valence-electron chi connectivity index (χ0n) is 17.3. The molecule has 2 aliphatic heterocycles. The topological polar surface area (TPSA) is 46.5 Å². The highest BCUT2D eigenvalue weighted by Crippen LogP contribution is 2.56. The van der Waals surface area contributed by atoms with Gasteiger partial charge in [0, 0.05) is 0 Å². The van der Waals surface area contributed by atoms with E-state index in [1.54, 1.807) is 0 Å². The molecule has 0 spiro atoms. The van der Waals surface area contributed by atoms with Gasteiger partial charge < -0.3 is 9.84 Å². The van der Waals surface area contributed by atoms with Crippen LogP contribution in [0.3, 0.4) is 0 Å². The second-order valence-electron chi connectivity index (χ2n) is 9.11. The lowest BCUT2D eigenvalue weighted by Gasteiger charge is -2.27. The normalized spacial score (nSPS) is 30.3. The fraction of sp³-hybridized carbons (Fsp3) is 0.423. The molecule has 5 rings (SSSR count). The molecule has 2 aromatic rings. The molecule has 0 saturated carbocycles. The summed E-state index contributed by atoms with van der Waals surface area (Å²) in [5.41, 5.74) is 6.11. The number of aliphatic hydroxyl groups excluding tert-OH is 1. The summed E-state index contributed by atoms with van der Waals surface area (Å²) in [6.45, 7) is 6.13. The highest BCUT2D eigenvalue weighted by molar-refractivity contribution is 6.26. The van der Waals surface area contributed by atoms with Crippen molar-refractivity contribution in [1.29, 1.82) is 0 Å². The smallest absolute Gasteiger partial charge is 0.173 e. The minimum atomic E-state index is -0.205. The summed E-state index contributed by atoms with van der Waals surface area (Å²) in [6.07, 6.45) is 2.88. The van der Waals surface area contributed by atoms with E-state index in [2.05, 4.69) is 43.3 Å². The van der Waals surface area contributed by atoms with E-state index in [-0.39, 0.29) is 35.6 Å². The zero-order valence-corrected chi connectivity index (χ0v) is 17.3. The van der Waals surface area contributed by atoms with Crippen LogP contribution in [0, 0.1) is 38.5 Å². The van der Waals surface area contributed by atoms with Crippen molar-refractivity contribution in [3.05, 3.63) is 76.0 Å². The molecule has 1 N–H and O–H groups in total. The van der Waals surface area contributed by atoms with Crippen LogP contribution in [0.15, 0.2) is 48.2 Å². The predicted octanol–water partition coefficient (Wildman–Crippen LogP) is 5.12. The SMILES string of the molecule is Cc1cc(C)c(C2=C(O)[C@@H]3C4OC(CC4CCc4ccccc4)[C@@H]3C2=O)c(C)c1. The molecule has 3 aliphatic rings. The Morgan fingerprint density at radius 2 is 1.72 bits per heavy atom. The van der Waals surface area contributed by atoms with Crippen molar-refractivity contribution < 1.29 is 14.6 Å². The summed E-state index contributed by atoms with van der Waals surface area (Å²) in [6, 6.07) is 14.7. The quantitative estimate of drug-likeness (QED) is 0.791. The molecule has 29 heavy (non-hydrogen) atoms. The number of aryl methyl sites for hydroxylation is 4. The van der Waals surface area contributed by atoms with E-state index >= 15 is 0 Å². The van der Waals surface area contributed by atoms with E-state index < -0.39 is 0 Å². The summed E-state index contributed by atoms with van der Waals surface area (Å²) in [7, 11) is 0. The number of Topliss-reactive ketones (excluding diaryl/α,β-unsaturated/α-hetero) is 1. The molecule has 3 nitrogen and oxygen atoms in total. The van der Waals surface area contributed by atoms with Crippen LogP contribution >= 0.6 is 0 Å². The Balaban J connectivity index is 1.44. The second-order valence-corrected chi connectivity index (χ2v) is 9.11. The zero-order chi connectivity index (χ0) is 20.3. The number of carbonyl (C=O) groups excluding carboxylic acids is 1. The minimum absolute atomic E-state index is 0.0405. The third-order valence-corrected chi connectivity index (χ3v) is 7.17. The first kappa shape index (κ1) is 18.6. The van der Waals surface area contributed by atoms with E-state index in [0.717, 1.165) is 36.0 Å². The average molecular weight is 389 g/mol. The Bertz CT molecular complexity index is 981. The van der Waals surface area contributed by atoms with Gasteiger partial charge in [-0.25, -0.2) is 0 Å². The lowest BCUT2D eigenvalue weighted by atomic mass is 9.73. The van der Waals surface area contributed by atoms with Gasteiger partial charge in [0.2, 0.25) is 0 Å². The van der Waals surface area contributed by atoms with Crippen LogP contribution < -0.4 is 0 Å². The summed E-state index contributed by atoms with van der Waals surface area (Å²) in [5.74, 6) is 0.375. The Labute approximate surface area is 172 Å². The van der Waals surface area contributed by atoms with Crippen molar-refractivity contribution in [2.75, 3.05) is 0 Å². The third-order valence-electron chi connectivity index (χ3n) is 7.17. The fourth-order valence-corrected chi connectivity index (χ4v) is 6.07. The summed E-state index contributed by atoms with van der Waals surface area (Å²) in [4.78, 5) is 13.4. The maximum absolute atomic E-state index is 13.4. The fourth-order valence-electron chi connectivity index (χ4n) is 6.07. The Morgan fingerprint density at radius 1 is 1.03 bits per heavy atom. The molecule has 3 heteroatoms. The van der Waals surface area contributed by atoms with Crippen molar-refractivity contribution in [3.8, 4) is 0 Å². The summed E-state index contributed by atoms with van der Waals surface area (Å²) >= 11 is 0. The highest BCUT2D eigenvalue weighted by atomic mass is 16.5. The lowest BCUT2D eigenvalue weighted by Crippen LogP contribution is -2.34. The highest BCUT2D eigenvalue weighted by Gasteiger charge is 2.62. The molecular weight excluding hydrogens is 360 g/mol. The van der Waals surface area contributed by atoms with Crippen LogP contribution in [0.25, 0.3) is 5.57 Å². The molecule has 5 atom stereocenters. The largest absolute Gasteiger partial charge is 0.511 e. The van der Waals surface area contributed by atoms with Crippen LogP contribution in [0.1, 0.15) is 40.7 Å². The number of hydrogen-bond donors (Lipinski definition) is 1. The van der Waals surface area contributed by atoms with E-state index in [1.165, 1.54) is 11.1 Å². The molecule has 0 radical (unpaired) electrons. The molecule has 2 bridgehead atoms. The molecule has 0 aromatic heterocycles. The number of ketones is 1. The van der Waals surface area contributed by atoms with Crippen molar-refractivity contribution in [1.82, 2.24) is 0 Å². The average Bonchev–Trinajstić information content (AvgIpc) is 3.33. The first-order chi connectivity index (χ1) is 14.0. The molecule has 2 fully saturated rings. The summed E-state index contributed by atoms with van der Waals surface area (Å²) < 4.78 is 6.23. The van der Waals surface area contributed by atoms with Gasteiger partial charge in [0.25, 0.3) is 0 Å². The number of carbonyl (C=O) groups is 1. The van der Waals surface area contributed by atoms with Gasteiger partial charge in [-0.05, 0) is 68.2 Å². The maximum atomic E-state index is 13.4.